The highest BCUT2D eigenvalue weighted by Gasteiger charge is 2.36. The molecular formula is C20H21F3N2O5. The summed E-state index contributed by atoms with van der Waals surface area (Å²) < 4.78 is 56.8. The van der Waals surface area contributed by atoms with Crippen LogP contribution in [0.2, 0.25) is 0 Å². The van der Waals surface area contributed by atoms with E-state index in [0.29, 0.717) is 18.8 Å². The maximum absolute atomic E-state index is 13.4. The molecule has 3 N–H and O–H groups in total. The number of ether oxygens (including phenoxy) is 3. The molecule has 0 aliphatic carbocycles. The van der Waals surface area contributed by atoms with Crippen LogP contribution in [0, 0.1) is 0 Å². The molecule has 1 aliphatic heterocycles. The number of hydrogen-bond acceptors (Lipinski definition) is 5. The molecule has 0 bridgehead atoms. The minimum absolute atomic E-state index is 0.107. The summed E-state index contributed by atoms with van der Waals surface area (Å²) in [5.74, 6) is -0.678. The SMILES string of the molecule is COC1CCOC(COc2ccc(-c3cc(C(N)=O)c(=O)[nH]c3C(F)(F)F)cc2)C1. The van der Waals surface area contributed by atoms with E-state index in [4.69, 9.17) is 19.9 Å². The molecule has 2 unspecified atom stereocenters. The molecular weight excluding hydrogens is 405 g/mol. The van der Waals surface area contributed by atoms with Crippen LogP contribution in [0.15, 0.2) is 35.1 Å². The third-order valence-corrected chi connectivity index (χ3v) is 4.84. The predicted molar refractivity (Wildman–Crippen MR) is 101 cm³/mol. The van der Waals surface area contributed by atoms with Crippen molar-refractivity contribution in [3.05, 3.63) is 51.9 Å². The normalized spacial score (nSPS) is 19.5. The van der Waals surface area contributed by atoms with Crippen molar-refractivity contribution in [3.8, 4) is 16.9 Å². The third kappa shape index (κ3) is 5.00. The zero-order valence-electron chi connectivity index (χ0n) is 16.1. The smallest absolute Gasteiger partial charge is 0.431 e. The Morgan fingerprint density at radius 2 is 2.00 bits per heavy atom. The molecule has 162 valence electrons. The van der Waals surface area contributed by atoms with E-state index in [1.54, 1.807) is 12.1 Å². The number of nitrogens with two attached hydrogens (primary N) is 1. The van der Waals surface area contributed by atoms with Gasteiger partial charge in [-0.15, -0.1) is 0 Å². The van der Waals surface area contributed by atoms with Crippen molar-refractivity contribution in [1.29, 1.82) is 0 Å². The minimum atomic E-state index is -4.82. The van der Waals surface area contributed by atoms with Crippen molar-refractivity contribution in [2.24, 2.45) is 5.73 Å². The van der Waals surface area contributed by atoms with Gasteiger partial charge < -0.3 is 24.9 Å². The Kier molecular flexibility index (Phi) is 6.47. The first-order chi connectivity index (χ1) is 14.2. The number of primary amides is 1. The number of halogens is 3. The number of hydrogen-bond donors (Lipinski definition) is 2. The quantitative estimate of drug-likeness (QED) is 0.739. The fourth-order valence-electron chi connectivity index (χ4n) is 3.26. The number of H-pyrrole nitrogens is 1. The van der Waals surface area contributed by atoms with E-state index in [-0.39, 0.29) is 29.9 Å². The molecule has 2 atom stereocenters. The number of aromatic amines is 1. The van der Waals surface area contributed by atoms with Crippen LogP contribution < -0.4 is 16.0 Å². The second-order valence-corrected chi connectivity index (χ2v) is 6.87. The highest BCUT2D eigenvalue weighted by molar-refractivity contribution is 5.93. The number of rotatable bonds is 6. The Morgan fingerprint density at radius 1 is 1.30 bits per heavy atom. The first kappa shape index (κ1) is 21.8. The van der Waals surface area contributed by atoms with Crippen LogP contribution in [-0.4, -0.2) is 43.4 Å². The molecule has 1 amide bonds. The summed E-state index contributed by atoms with van der Waals surface area (Å²) in [5, 5.41) is 0. The molecule has 1 aromatic heterocycles. The number of alkyl halides is 3. The molecule has 7 nitrogen and oxygen atoms in total. The summed E-state index contributed by atoms with van der Waals surface area (Å²) >= 11 is 0. The van der Waals surface area contributed by atoms with Gasteiger partial charge in [-0.3, -0.25) is 9.59 Å². The number of methoxy groups -OCH3 is 1. The standard InChI is InChI=1S/C20H21F3N2O5/c1-28-13-6-7-29-14(8-13)10-30-12-4-2-11(3-5-12)15-9-16(18(24)26)19(27)25-17(15)20(21,22)23/h2-5,9,13-14H,6-8,10H2,1H3,(H2,24,26)(H,25,27). The molecule has 2 heterocycles. The molecule has 30 heavy (non-hydrogen) atoms. The van der Waals surface area contributed by atoms with Crippen molar-refractivity contribution in [3.63, 3.8) is 0 Å². The number of benzene rings is 1. The summed E-state index contributed by atoms with van der Waals surface area (Å²) in [6.07, 6.45) is -3.35. The van der Waals surface area contributed by atoms with Crippen LogP contribution in [0.4, 0.5) is 13.2 Å². The van der Waals surface area contributed by atoms with Crippen molar-refractivity contribution in [2.75, 3.05) is 20.3 Å². The second kappa shape index (κ2) is 8.88. The minimum Gasteiger partial charge on any atom is -0.491 e. The fourth-order valence-corrected chi connectivity index (χ4v) is 3.26. The number of carbonyl (C=O) groups excluding carboxylic acids is 1. The number of pyridine rings is 1. The predicted octanol–water partition coefficient (Wildman–Crippen LogP) is 2.73. The van der Waals surface area contributed by atoms with E-state index >= 15 is 0 Å². The van der Waals surface area contributed by atoms with Gasteiger partial charge in [0.2, 0.25) is 0 Å². The van der Waals surface area contributed by atoms with Gasteiger partial charge in [0.25, 0.3) is 11.5 Å². The summed E-state index contributed by atoms with van der Waals surface area (Å²) in [7, 11) is 1.64. The van der Waals surface area contributed by atoms with Crippen LogP contribution in [0.1, 0.15) is 28.9 Å². The maximum Gasteiger partial charge on any atom is 0.431 e. The van der Waals surface area contributed by atoms with Gasteiger partial charge in [0.15, 0.2) is 0 Å². The Hall–Kier alpha value is -2.85. The maximum atomic E-state index is 13.4. The first-order valence-electron chi connectivity index (χ1n) is 9.21. The van der Waals surface area contributed by atoms with Crippen LogP contribution in [-0.2, 0) is 15.7 Å². The van der Waals surface area contributed by atoms with Crippen LogP contribution in [0.5, 0.6) is 5.75 Å². The summed E-state index contributed by atoms with van der Waals surface area (Å²) in [6, 6.07) is 6.66. The van der Waals surface area contributed by atoms with E-state index < -0.39 is 28.9 Å². The van der Waals surface area contributed by atoms with Gasteiger partial charge >= 0.3 is 6.18 Å². The summed E-state index contributed by atoms with van der Waals surface area (Å²) in [4.78, 5) is 24.8. The highest BCUT2D eigenvalue weighted by atomic mass is 19.4. The van der Waals surface area contributed by atoms with Gasteiger partial charge in [-0.05, 0) is 30.2 Å². The number of amides is 1. The zero-order chi connectivity index (χ0) is 21.9. The molecule has 3 rings (SSSR count). The number of aromatic nitrogens is 1. The lowest BCUT2D eigenvalue weighted by Gasteiger charge is -2.28. The molecule has 0 spiro atoms. The van der Waals surface area contributed by atoms with E-state index in [2.05, 4.69) is 0 Å². The van der Waals surface area contributed by atoms with Gasteiger partial charge in [0, 0.05) is 25.7 Å². The number of carbonyl (C=O) groups is 1. The van der Waals surface area contributed by atoms with Crippen LogP contribution in [0.3, 0.4) is 0 Å². The Morgan fingerprint density at radius 3 is 2.60 bits per heavy atom. The molecule has 1 aromatic carbocycles. The average molecular weight is 426 g/mol. The van der Waals surface area contributed by atoms with Gasteiger partial charge in [0.05, 0.1) is 12.2 Å². The molecule has 2 aromatic rings. The Balaban J connectivity index is 1.81. The van der Waals surface area contributed by atoms with E-state index in [0.717, 1.165) is 12.5 Å². The van der Waals surface area contributed by atoms with Gasteiger partial charge in [-0.1, -0.05) is 12.1 Å². The molecule has 0 radical (unpaired) electrons. The largest absolute Gasteiger partial charge is 0.491 e. The van der Waals surface area contributed by atoms with Crippen molar-refractivity contribution in [2.45, 2.75) is 31.2 Å². The van der Waals surface area contributed by atoms with E-state index in [1.807, 2.05) is 0 Å². The first-order valence-corrected chi connectivity index (χ1v) is 9.21. The second-order valence-electron chi connectivity index (χ2n) is 6.87. The van der Waals surface area contributed by atoms with E-state index in [9.17, 15) is 22.8 Å². The Bertz CT molecular complexity index is 956. The monoisotopic (exact) mass is 426 g/mol. The summed E-state index contributed by atoms with van der Waals surface area (Å²) in [5.41, 5.74) is 1.87. The van der Waals surface area contributed by atoms with Crippen molar-refractivity contribution < 1.29 is 32.2 Å². The van der Waals surface area contributed by atoms with Crippen molar-refractivity contribution >= 4 is 5.91 Å². The van der Waals surface area contributed by atoms with Gasteiger partial charge in [-0.2, -0.15) is 13.2 Å². The van der Waals surface area contributed by atoms with Crippen LogP contribution in [0.25, 0.3) is 11.1 Å². The van der Waals surface area contributed by atoms with Gasteiger partial charge in [-0.25, -0.2) is 0 Å². The molecule has 0 saturated carbocycles. The fraction of sp³-hybridized carbons (Fsp3) is 0.400. The van der Waals surface area contributed by atoms with Crippen LogP contribution >= 0.6 is 0 Å². The lowest BCUT2D eigenvalue weighted by atomic mass is 10.0. The lowest BCUT2D eigenvalue weighted by Crippen LogP contribution is -2.34. The molecule has 10 heteroatoms. The molecule has 1 aliphatic rings. The van der Waals surface area contributed by atoms with E-state index in [1.165, 1.54) is 24.3 Å². The molecule has 1 saturated heterocycles. The van der Waals surface area contributed by atoms with Gasteiger partial charge in [0.1, 0.15) is 23.6 Å². The van der Waals surface area contributed by atoms with Crippen molar-refractivity contribution in [1.82, 2.24) is 4.98 Å². The third-order valence-electron chi connectivity index (χ3n) is 4.84. The average Bonchev–Trinajstić information content (AvgIpc) is 2.72. The molecule has 1 fully saturated rings. The zero-order valence-corrected chi connectivity index (χ0v) is 16.1. The lowest BCUT2D eigenvalue weighted by molar-refractivity contribution is -0.140. The Labute approximate surface area is 169 Å². The summed E-state index contributed by atoms with van der Waals surface area (Å²) in [6.45, 7) is 0.845. The topological polar surface area (TPSA) is 104 Å². The highest BCUT2D eigenvalue weighted by Crippen LogP contribution is 2.35. The number of nitrogens with one attached hydrogen (secondary N) is 1.